The van der Waals surface area contributed by atoms with Crippen LogP contribution < -0.4 is 0 Å². The first-order valence-corrected chi connectivity index (χ1v) is 6.85. The van der Waals surface area contributed by atoms with E-state index >= 15 is 0 Å². The van der Waals surface area contributed by atoms with Gasteiger partial charge in [-0.1, -0.05) is 13.8 Å². The van der Waals surface area contributed by atoms with E-state index in [1.807, 2.05) is 13.8 Å². The van der Waals surface area contributed by atoms with Crippen LogP contribution in [-0.4, -0.2) is 24.5 Å². The fourth-order valence-electron chi connectivity index (χ4n) is 1.97. The predicted molar refractivity (Wildman–Crippen MR) is 73.3 cm³/mol. The molecule has 0 spiro atoms. The van der Waals surface area contributed by atoms with Crippen molar-refractivity contribution in [1.29, 1.82) is 0 Å². The summed E-state index contributed by atoms with van der Waals surface area (Å²) in [6.07, 6.45) is -4.45. The lowest BCUT2D eigenvalue weighted by Crippen LogP contribution is -2.14. The van der Waals surface area contributed by atoms with Crippen molar-refractivity contribution in [3.8, 4) is 0 Å². The number of hydrogen-bond acceptors (Lipinski definition) is 3. The molecule has 2 heterocycles. The van der Waals surface area contributed by atoms with E-state index in [4.69, 9.17) is 12.2 Å². The fourth-order valence-corrected chi connectivity index (χ4v) is 2.19. The average molecular weight is 319 g/mol. The number of nitrogens with one attached hydrogen (secondary N) is 1. The number of rotatable bonds is 4. The topological polar surface area (TPSA) is 51.4 Å². The van der Waals surface area contributed by atoms with E-state index in [1.165, 1.54) is 4.68 Å². The Balaban J connectivity index is 2.31. The summed E-state index contributed by atoms with van der Waals surface area (Å²) in [6, 6.07) is 1.02. The lowest BCUT2D eigenvalue weighted by atomic mass is 10.2. The summed E-state index contributed by atoms with van der Waals surface area (Å²) in [4.78, 5) is 0. The lowest BCUT2D eigenvalue weighted by molar-refractivity contribution is -0.141. The van der Waals surface area contributed by atoms with E-state index in [0.717, 1.165) is 6.07 Å². The second-order valence-electron chi connectivity index (χ2n) is 5.28. The molecule has 0 saturated heterocycles. The van der Waals surface area contributed by atoms with Crippen molar-refractivity contribution in [2.45, 2.75) is 40.0 Å². The van der Waals surface area contributed by atoms with E-state index in [2.05, 4.69) is 15.3 Å². The summed E-state index contributed by atoms with van der Waals surface area (Å²) < 4.78 is 41.5. The highest BCUT2D eigenvalue weighted by atomic mass is 32.1. The van der Waals surface area contributed by atoms with Crippen molar-refractivity contribution in [2.75, 3.05) is 0 Å². The van der Waals surface area contributed by atoms with E-state index in [9.17, 15) is 13.2 Å². The van der Waals surface area contributed by atoms with Crippen molar-refractivity contribution in [3.63, 3.8) is 0 Å². The van der Waals surface area contributed by atoms with Crippen LogP contribution in [0.2, 0.25) is 0 Å². The van der Waals surface area contributed by atoms with Gasteiger partial charge in [0.1, 0.15) is 6.54 Å². The summed E-state index contributed by atoms with van der Waals surface area (Å²) in [5, 5.41) is 10.3. The minimum atomic E-state index is -4.45. The van der Waals surface area contributed by atoms with Gasteiger partial charge >= 0.3 is 6.18 Å². The van der Waals surface area contributed by atoms with E-state index in [0.29, 0.717) is 28.8 Å². The highest BCUT2D eigenvalue weighted by molar-refractivity contribution is 7.71. The quantitative estimate of drug-likeness (QED) is 0.881. The predicted octanol–water partition coefficient (Wildman–Crippen LogP) is 3.17. The molecule has 0 fully saturated rings. The molecule has 1 N–H and O–H groups in total. The fraction of sp³-hybridized carbons (Fsp3) is 0.583. The van der Waals surface area contributed by atoms with Gasteiger partial charge in [-0.2, -0.15) is 23.4 Å². The number of alkyl halides is 3. The second-order valence-corrected chi connectivity index (χ2v) is 5.66. The molecule has 2 aromatic heterocycles. The van der Waals surface area contributed by atoms with Gasteiger partial charge in [0.15, 0.2) is 16.3 Å². The molecule has 0 aliphatic rings. The molecule has 5 nitrogen and oxygen atoms in total. The molecule has 2 aromatic rings. The van der Waals surface area contributed by atoms with E-state index in [1.54, 1.807) is 11.5 Å². The SMILES string of the molecule is Cc1cc(C(F)(F)F)nn1Cc1n[nH]c(=S)n1CC(C)C. The minimum absolute atomic E-state index is 0.141. The zero-order valence-corrected chi connectivity index (χ0v) is 12.7. The Morgan fingerprint density at radius 3 is 2.57 bits per heavy atom. The minimum Gasteiger partial charge on any atom is -0.302 e. The second kappa shape index (κ2) is 5.63. The van der Waals surface area contributed by atoms with Crippen molar-refractivity contribution in [2.24, 2.45) is 5.92 Å². The molecule has 21 heavy (non-hydrogen) atoms. The molecule has 0 unspecified atom stereocenters. The van der Waals surface area contributed by atoms with Crippen LogP contribution in [0, 0.1) is 17.6 Å². The van der Waals surface area contributed by atoms with E-state index < -0.39 is 11.9 Å². The Morgan fingerprint density at radius 2 is 2.05 bits per heavy atom. The van der Waals surface area contributed by atoms with Gasteiger partial charge in [0, 0.05) is 12.2 Å². The summed E-state index contributed by atoms with van der Waals surface area (Å²) in [5.74, 6) is 0.908. The molecule has 0 aliphatic heterocycles. The Hall–Kier alpha value is -1.64. The van der Waals surface area contributed by atoms with Crippen LogP contribution in [0.5, 0.6) is 0 Å². The summed E-state index contributed by atoms with van der Waals surface area (Å²) >= 11 is 5.14. The molecular weight excluding hydrogens is 303 g/mol. The Labute approximate surface area is 124 Å². The van der Waals surface area contributed by atoms with Crippen molar-refractivity contribution in [1.82, 2.24) is 24.5 Å². The summed E-state index contributed by atoms with van der Waals surface area (Å²) in [5.41, 5.74) is -0.475. The number of aryl methyl sites for hydroxylation is 1. The Morgan fingerprint density at radius 1 is 1.38 bits per heavy atom. The highest BCUT2D eigenvalue weighted by Crippen LogP contribution is 2.28. The molecule has 0 atom stereocenters. The maximum atomic E-state index is 12.7. The van der Waals surface area contributed by atoms with Crippen LogP contribution in [0.4, 0.5) is 13.2 Å². The smallest absolute Gasteiger partial charge is 0.302 e. The first kappa shape index (κ1) is 15.7. The summed E-state index contributed by atoms with van der Waals surface area (Å²) in [6.45, 7) is 6.42. The lowest BCUT2D eigenvalue weighted by Gasteiger charge is -2.10. The van der Waals surface area contributed by atoms with Crippen molar-refractivity contribution >= 4 is 12.2 Å². The van der Waals surface area contributed by atoms with Crippen LogP contribution in [0.1, 0.15) is 31.1 Å². The zero-order chi connectivity index (χ0) is 15.8. The molecule has 9 heteroatoms. The van der Waals surface area contributed by atoms with Crippen LogP contribution >= 0.6 is 12.2 Å². The van der Waals surface area contributed by atoms with Gasteiger partial charge in [-0.3, -0.25) is 9.78 Å². The molecule has 0 saturated carbocycles. The first-order valence-electron chi connectivity index (χ1n) is 6.44. The maximum absolute atomic E-state index is 12.7. The third-order valence-electron chi connectivity index (χ3n) is 2.95. The zero-order valence-electron chi connectivity index (χ0n) is 11.9. The molecule has 116 valence electrons. The molecule has 0 aromatic carbocycles. The van der Waals surface area contributed by atoms with Gasteiger partial charge in [0.2, 0.25) is 0 Å². The maximum Gasteiger partial charge on any atom is 0.435 e. The van der Waals surface area contributed by atoms with Crippen LogP contribution in [-0.2, 0) is 19.3 Å². The molecule has 0 radical (unpaired) electrons. The summed E-state index contributed by atoms with van der Waals surface area (Å²) in [7, 11) is 0. The van der Waals surface area contributed by atoms with Crippen LogP contribution in [0.25, 0.3) is 0 Å². The monoisotopic (exact) mass is 319 g/mol. The van der Waals surface area contributed by atoms with Gasteiger partial charge in [-0.25, -0.2) is 0 Å². The van der Waals surface area contributed by atoms with E-state index in [-0.39, 0.29) is 6.54 Å². The number of nitrogens with zero attached hydrogens (tertiary/aromatic N) is 4. The first-order chi connectivity index (χ1) is 9.68. The van der Waals surface area contributed by atoms with Gasteiger partial charge in [0.25, 0.3) is 0 Å². The Kier molecular flexibility index (Phi) is 4.22. The standard InChI is InChI=1S/C12H16F3N5S/c1-7(2)5-19-10(16-17-11(19)21)6-20-8(3)4-9(18-20)12(13,14)15/h4,7H,5-6H2,1-3H3,(H,17,21). The van der Waals surface area contributed by atoms with Crippen LogP contribution in [0.3, 0.4) is 0 Å². The molecule has 0 bridgehead atoms. The number of hydrogen-bond donors (Lipinski definition) is 1. The molecular formula is C12H16F3N5S. The normalized spacial score (nSPS) is 12.3. The highest BCUT2D eigenvalue weighted by Gasteiger charge is 2.34. The van der Waals surface area contributed by atoms with Gasteiger partial charge in [0.05, 0.1) is 0 Å². The number of H-pyrrole nitrogens is 1. The van der Waals surface area contributed by atoms with Crippen LogP contribution in [0.15, 0.2) is 6.07 Å². The van der Waals surface area contributed by atoms with Gasteiger partial charge in [-0.15, -0.1) is 0 Å². The third-order valence-corrected chi connectivity index (χ3v) is 3.26. The molecule has 0 amide bonds. The van der Waals surface area contributed by atoms with Gasteiger partial charge in [-0.05, 0) is 31.1 Å². The third kappa shape index (κ3) is 3.52. The number of aromatic amines is 1. The number of halogens is 3. The average Bonchev–Trinajstić information content (AvgIpc) is 2.86. The largest absolute Gasteiger partial charge is 0.435 e. The number of aromatic nitrogens is 5. The molecule has 0 aliphatic carbocycles. The van der Waals surface area contributed by atoms with Crippen molar-refractivity contribution in [3.05, 3.63) is 28.0 Å². The van der Waals surface area contributed by atoms with Crippen molar-refractivity contribution < 1.29 is 13.2 Å². The van der Waals surface area contributed by atoms with Gasteiger partial charge < -0.3 is 4.57 Å². The molecule has 2 rings (SSSR count). The Bertz CT molecular complexity index is 680.